The highest BCUT2D eigenvalue weighted by Crippen LogP contribution is 2.21. The molecule has 0 aliphatic carbocycles. The van der Waals surface area contributed by atoms with Crippen LogP contribution in [0, 0.1) is 0 Å². The van der Waals surface area contributed by atoms with Crippen LogP contribution in [0.1, 0.15) is 26.3 Å². The van der Waals surface area contributed by atoms with Crippen LogP contribution in [0.25, 0.3) is 10.9 Å². The van der Waals surface area contributed by atoms with Crippen molar-refractivity contribution in [3.05, 3.63) is 95.7 Å². The Morgan fingerprint density at radius 2 is 1.52 bits per heavy atom. The molecule has 0 saturated heterocycles. The van der Waals surface area contributed by atoms with E-state index in [1.54, 1.807) is 54.7 Å². The minimum absolute atomic E-state index is 0.200. The third kappa shape index (κ3) is 4.69. The van der Waals surface area contributed by atoms with Gasteiger partial charge in [-0.15, -0.1) is 0 Å². The van der Waals surface area contributed by atoms with E-state index in [4.69, 9.17) is 11.5 Å². The van der Waals surface area contributed by atoms with Crippen molar-refractivity contribution in [1.82, 2.24) is 10.3 Å². The van der Waals surface area contributed by atoms with Crippen molar-refractivity contribution in [3.8, 4) is 0 Å². The highest BCUT2D eigenvalue weighted by molar-refractivity contribution is 6.11. The highest BCUT2D eigenvalue weighted by atomic mass is 16.2. The Morgan fingerprint density at radius 3 is 2.27 bits per heavy atom. The topological polar surface area (TPSA) is 143 Å². The lowest BCUT2D eigenvalue weighted by atomic mass is 10.0. The fourth-order valence-electron chi connectivity index (χ4n) is 3.66. The smallest absolute Gasteiger partial charge is 0.257 e. The number of nitrogen functional groups attached to an aromatic ring is 1. The van der Waals surface area contributed by atoms with Gasteiger partial charge in [-0.25, -0.2) is 0 Å². The number of aromatic amines is 1. The van der Waals surface area contributed by atoms with E-state index in [1.165, 1.54) is 0 Å². The van der Waals surface area contributed by atoms with Crippen LogP contribution in [0.3, 0.4) is 0 Å². The van der Waals surface area contributed by atoms with E-state index >= 15 is 0 Å². The number of carbonyl (C=O) groups excluding carboxylic acids is 3. The molecule has 0 saturated carbocycles. The Balaban J connectivity index is 1.54. The van der Waals surface area contributed by atoms with Crippen LogP contribution in [0.15, 0.2) is 79.0 Å². The molecule has 8 heteroatoms. The standard InChI is InChI=1S/C25H23N5O3/c26-19-10-4-1-8-17(19)24(32)29-21-12-6-3-9-18(21)25(33)30-22(23(27)31)13-15-14-28-20-11-5-2-7-16(15)20/h1-12,14,22,28H,13,26H2,(H2,27,31)(H,29,32)(H,30,33). The zero-order valence-electron chi connectivity index (χ0n) is 17.7. The largest absolute Gasteiger partial charge is 0.398 e. The molecule has 3 amide bonds. The van der Waals surface area contributed by atoms with Crippen LogP contribution in [-0.4, -0.2) is 28.7 Å². The predicted octanol–water partition coefficient (Wildman–Crippen LogP) is 2.83. The van der Waals surface area contributed by atoms with Gasteiger partial charge in [-0.3, -0.25) is 14.4 Å². The van der Waals surface area contributed by atoms with Crippen LogP contribution in [-0.2, 0) is 11.2 Å². The Bertz CT molecular complexity index is 1340. The van der Waals surface area contributed by atoms with Crippen LogP contribution >= 0.6 is 0 Å². The molecule has 1 atom stereocenters. The molecule has 7 N–H and O–H groups in total. The minimum Gasteiger partial charge on any atom is -0.398 e. The first-order chi connectivity index (χ1) is 15.9. The van der Waals surface area contributed by atoms with Crippen LogP contribution in [0.2, 0.25) is 0 Å². The quantitative estimate of drug-likeness (QED) is 0.281. The van der Waals surface area contributed by atoms with Gasteiger partial charge in [0.2, 0.25) is 5.91 Å². The molecule has 166 valence electrons. The fourth-order valence-corrected chi connectivity index (χ4v) is 3.66. The van der Waals surface area contributed by atoms with Gasteiger partial charge in [0.05, 0.1) is 16.8 Å². The SMILES string of the molecule is NC(=O)C(Cc1c[nH]c2ccccc12)NC(=O)c1ccccc1NC(=O)c1ccccc1N. The molecule has 8 nitrogen and oxygen atoms in total. The number of primary amides is 1. The van der Waals surface area contributed by atoms with Gasteiger partial charge < -0.3 is 27.1 Å². The van der Waals surface area contributed by atoms with Gasteiger partial charge in [0.25, 0.3) is 11.8 Å². The van der Waals surface area contributed by atoms with Gasteiger partial charge in [0.1, 0.15) is 6.04 Å². The van der Waals surface area contributed by atoms with Gasteiger partial charge in [-0.2, -0.15) is 0 Å². The van der Waals surface area contributed by atoms with E-state index in [1.807, 2.05) is 24.3 Å². The summed E-state index contributed by atoms with van der Waals surface area (Å²) in [6, 6.07) is 19.9. The summed E-state index contributed by atoms with van der Waals surface area (Å²) in [5, 5.41) is 6.37. The lowest BCUT2D eigenvalue weighted by Gasteiger charge is -2.17. The Labute approximate surface area is 190 Å². The number of fused-ring (bicyclic) bond motifs is 1. The number of anilines is 2. The van der Waals surface area contributed by atoms with E-state index < -0.39 is 23.8 Å². The second-order valence-corrected chi connectivity index (χ2v) is 7.58. The molecule has 4 aromatic rings. The van der Waals surface area contributed by atoms with Crippen LogP contribution < -0.4 is 22.1 Å². The van der Waals surface area contributed by atoms with Gasteiger partial charge in [0.15, 0.2) is 0 Å². The average Bonchev–Trinajstić information content (AvgIpc) is 3.22. The molecule has 33 heavy (non-hydrogen) atoms. The van der Waals surface area contributed by atoms with Crippen molar-refractivity contribution in [1.29, 1.82) is 0 Å². The number of benzene rings is 3. The van der Waals surface area contributed by atoms with Crippen molar-refractivity contribution in [2.24, 2.45) is 5.73 Å². The summed E-state index contributed by atoms with van der Waals surface area (Å²) >= 11 is 0. The van der Waals surface area contributed by atoms with Crippen molar-refractivity contribution >= 4 is 40.0 Å². The molecule has 0 spiro atoms. The summed E-state index contributed by atoms with van der Waals surface area (Å²) in [6.45, 7) is 0. The first-order valence-electron chi connectivity index (χ1n) is 10.3. The number of nitrogens with one attached hydrogen (secondary N) is 3. The van der Waals surface area contributed by atoms with Gasteiger partial charge in [-0.05, 0) is 35.9 Å². The second kappa shape index (κ2) is 9.27. The molecule has 1 heterocycles. The summed E-state index contributed by atoms with van der Waals surface area (Å²) in [7, 11) is 0. The number of hydrogen-bond acceptors (Lipinski definition) is 4. The van der Waals surface area contributed by atoms with E-state index in [0.717, 1.165) is 16.5 Å². The molecule has 0 aliphatic rings. The third-order valence-corrected chi connectivity index (χ3v) is 5.37. The molecule has 1 unspecified atom stereocenters. The highest BCUT2D eigenvalue weighted by Gasteiger charge is 2.23. The van der Waals surface area contributed by atoms with Crippen molar-refractivity contribution in [2.45, 2.75) is 12.5 Å². The van der Waals surface area contributed by atoms with E-state index in [-0.39, 0.29) is 12.0 Å². The van der Waals surface area contributed by atoms with Gasteiger partial charge in [0, 0.05) is 29.2 Å². The predicted molar refractivity (Wildman–Crippen MR) is 128 cm³/mol. The number of rotatable bonds is 7. The number of amides is 3. The summed E-state index contributed by atoms with van der Waals surface area (Å²) in [5.41, 5.74) is 14.4. The third-order valence-electron chi connectivity index (χ3n) is 5.37. The molecule has 3 aromatic carbocycles. The number of H-pyrrole nitrogens is 1. The maximum atomic E-state index is 13.1. The molecule has 0 bridgehead atoms. The monoisotopic (exact) mass is 441 g/mol. The Hall–Kier alpha value is -4.59. The number of nitrogens with two attached hydrogens (primary N) is 2. The first kappa shape index (κ1) is 21.6. The van der Waals surface area contributed by atoms with Crippen molar-refractivity contribution in [2.75, 3.05) is 11.1 Å². The zero-order chi connectivity index (χ0) is 23.4. The van der Waals surface area contributed by atoms with E-state index in [0.29, 0.717) is 16.9 Å². The molecule has 0 fully saturated rings. The van der Waals surface area contributed by atoms with Crippen LogP contribution in [0.5, 0.6) is 0 Å². The average molecular weight is 441 g/mol. The van der Waals surface area contributed by atoms with Crippen molar-refractivity contribution in [3.63, 3.8) is 0 Å². The number of para-hydroxylation sites is 3. The summed E-state index contributed by atoms with van der Waals surface area (Å²) < 4.78 is 0. The zero-order valence-corrected chi connectivity index (χ0v) is 17.7. The van der Waals surface area contributed by atoms with E-state index in [2.05, 4.69) is 15.6 Å². The van der Waals surface area contributed by atoms with Crippen LogP contribution in [0.4, 0.5) is 11.4 Å². The lowest BCUT2D eigenvalue weighted by molar-refractivity contribution is -0.119. The number of carbonyl (C=O) groups is 3. The molecule has 0 radical (unpaired) electrons. The molecular weight excluding hydrogens is 418 g/mol. The number of hydrogen-bond donors (Lipinski definition) is 5. The second-order valence-electron chi connectivity index (χ2n) is 7.58. The fraction of sp³-hybridized carbons (Fsp3) is 0.0800. The first-order valence-corrected chi connectivity index (χ1v) is 10.3. The van der Waals surface area contributed by atoms with Gasteiger partial charge >= 0.3 is 0 Å². The van der Waals surface area contributed by atoms with E-state index in [9.17, 15) is 14.4 Å². The summed E-state index contributed by atoms with van der Waals surface area (Å²) in [6.07, 6.45) is 2.02. The molecule has 0 aliphatic heterocycles. The Morgan fingerprint density at radius 1 is 0.848 bits per heavy atom. The Kier molecular flexibility index (Phi) is 6.08. The molecular formula is C25H23N5O3. The maximum absolute atomic E-state index is 13.1. The molecule has 1 aromatic heterocycles. The maximum Gasteiger partial charge on any atom is 0.257 e. The van der Waals surface area contributed by atoms with Crippen molar-refractivity contribution < 1.29 is 14.4 Å². The summed E-state index contributed by atoms with van der Waals surface area (Å²) in [5.74, 6) is -1.64. The number of aromatic nitrogens is 1. The minimum atomic E-state index is -0.940. The van der Waals surface area contributed by atoms with Gasteiger partial charge in [-0.1, -0.05) is 42.5 Å². The molecule has 4 rings (SSSR count). The summed E-state index contributed by atoms with van der Waals surface area (Å²) in [4.78, 5) is 41.0. The normalized spacial score (nSPS) is 11.6. The lowest BCUT2D eigenvalue weighted by Crippen LogP contribution is -2.46.